The predicted molar refractivity (Wildman–Crippen MR) is 105 cm³/mol. The van der Waals surface area contributed by atoms with Gasteiger partial charge in [-0.15, -0.1) is 0 Å². The molecule has 1 aliphatic heterocycles. The van der Waals surface area contributed by atoms with Crippen LogP contribution in [0.2, 0.25) is 0 Å². The minimum atomic E-state index is 0.439. The topological polar surface area (TPSA) is 24.3 Å². The summed E-state index contributed by atoms with van der Waals surface area (Å²) in [6.45, 7) is 19.8. The molecule has 1 unspecified atom stereocenters. The molecule has 1 saturated carbocycles. The van der Waals surface area contributed by atoms with E-state index in [0.29, 0.717) is 12.1 Å². The third-order valence-electron chi connectivity index (χ3n) is 6.14. The van der Waals surface area contributed by atoms with Gasteiger partial charge in [-0.05, 0) is 71.9 Å². The summed E-state index contributed by atoms with van der Waals surface area (Å²) in [7, 11) is 0. The second-order valence-corrected chi connectivity index (χ2v) is 9.03. The van der Waals surface area contributed by atoms with Crippen LogP contribution >= 0.6 is 0 Å². The molecule has 1 aliphatic carbocycles. The van der Waals surface area contributed by atoms with Crippen LogP contribution in [0, 0.1) is 25.7 Å². The summed E-state index contributed by atoms with van der Waals surface area (Å²) in [5.41, 5.74) is 4.02. The molecule has 4 nitrogen and oxygen atoms in total. The van der Waals surface area contributed by atoms with Gasteiger partial charge in [0.05, 0.1) is 5.69 Å². The Morgan fingerprint density at radius 2 is 1.80 bits per heavy atom. The Bertz CT molecular complexity index is 571. The average molecular weight is 347 g/mol. The zero-order valence-electron chi connectivity index (χ0n) is 17.3. The van der Waals surface area contributed by atoms with Crippen molar-refractivity contribution in [1.82, 2.24) is 19.6 Å². The van der Waals surface area contributed by atoms with Crippen molar-refractivity contribution in [3.05, 3.63) is 17.0 Å². The van der Waals surface area contributed by atoms with E-state index in [9.17, 15) is 0 Å². The fraction of sp³-hybridized carbons (Fsp3) is 0.857. The molecule has 2 heterocycles. The van der Waals surface area contributed by atoms with Gasteiger partial charge in [0.2, 0.25) is 0 Å². The van der Waals surface area contributed by atoms with E-state index in [4.69, 9.17) is 5.10 Å². The fourth-order valence-corrected chi connectivity index (χ4v) is 4.42. The Hall–Kier alpha value is -0.870. The lowest BCUT2D eigenvalue weighted by molar-refractivity contribution is 0.131. The third kappa shape index (κ3) is 4.46. The van der Waals surface area contributed by atoms with E-state index in [0.717, 1.165) is 18.4 Å². The maximum Gasteiger partial charge on any atom is 0.0641 e. The van der Waals surface area contributed by atoms with E-state index >= 15 is 0 Å². The van der Waals surface area contributed by atoms with E-state index in [1.807, 2.05) is 0 Å². The van der Waals surface area contributed by atoms with Crippen molar-refractivity contribution >= 4 is 0 Å². The summed E-state index contributed by atoms with van der Waals surface area (Å²) in [6, 6.07) is 1.14. The number of hydrogen-bond donors (Lipinski definition) is 0. The number of aromatic nitrogens is 2. The van der Waals surface area contributed by atoms with Gasteiger partial charge in [0, 0.05) is 43.0 Å². The lowest BCUT2D eigenvalue weighted by Gasteiger charge is -2.34. The van der Waals surface area contributed by atoms with Gasteiger partial charge in [0.1, 0.15) is 0 Å². The van der Waals surface area contributed by atoms with E-state index < -0.39 is 0 Å². The van der Waals surface area contributed by atoms with Crippen LogP contribution < -0.4 is 0 Å². The summed E-state index contributed by atoms with van der Waals surface area (Å²) in [5.74, 6) is 1.71. The van der Waals surface area contributed by atoms with Crippen molar-refractivity contribution in [1.29, 1.82) is 0 Å². The number of hydrogen-bond acceptors (Lipinski definition) is 3. The van der Waals surface area contributed by atoms with Crippen molar-refractivity contribution in [3.8, 4) is 0 Å². The molecule has 2 aliphatic rings. The Morgan fingerprint density at radius 1 is 1.08 bits per heavy atom. The zero-order valence-corrected chi connectivity index (χ0v) is 17.3. The molecular formula is C21H38N4. The van der Waals surface area contributed by atoms with Gasteiger partial charge < -0.3 is 0 Å². The highest BCUT2D eigenvalue weighted by Gasteiger charge is 2.32. The molecule has 1 atom stereocenters. The van der Waals surface area contributed by atoms with E-state index in [1.54, 1.807) is 0 Å². The fourth-order valence-electron chi connectivity index (χ4n) is 4.42. The number of nitrogens with zero attached hydrogens (tertiary/aromatic N) is 4. The van der Waals surface area contributed by atoms with Gasteiger partial charge >= 0.3 is 0 Å². The number of aryl methyl sites for hydroxylation is 1. The maximum absolute atomic E-state index is 4.79. The minimum Gasteiger partial charge on any atom is -0.299 e. The van der Waals surface area contributed by atoms with Crippen molar-refractivity contribution < 1.29 is 0 Å². The van der Waals surface area contributed by atoms with Gasteiger partial charge in [-0.1, -0.05) is 13.8 Å². The normalized spacial score (nSPS) is 23.6. The lowest BCUT2D eigenvalue weighted by atomic mass is 10.0. The van der Waals surface area contributed by atoms with Gasteiger partial charge in [-0.3, -0.25) is 14.5 Å². The Kier molecular flexibility index (Phi) is 5.89. The molecule has 1 saturated heterocycles. The van der Waals surface area contributed by atoms with Gasteiger partial charge in [-0.2, -0.15) is 5.10 Å². The summed E-state index contributed by atoms with van der Waals surface area (Å²) in [6.07, 6.45) is 4.21. The summed E-state index contributed by atoms with van der Waals surface area (Å²) in [4.78, 5) is 5.50. The SMILES string of the molecule is Cc1nn(C(C)C)c(C)c1CN1CCCN(CC2CC2)C(C(C)C)C1. The van der Waals surface area contributed by atoms with Crippen LogP contribution in [0.15, 0.2) is 0 Å². The first-order valence-electron chi connectivity index (χ1n) is 10.4. The largest absolute Gasteiger partial charge is 0.299 e. The quantitative estimate of drug-likeness (QED) is 0.777. The van der Waals surface area contributed by atoms with Crippen LogP contribution in [0.25, 0.3) is 0 Å². The summed E-state index contributed by atoms with van der Waals surface area (Å²) in [5, 5.41) is 4.79. The molecular weight excluding hydrogens is 308 g/mol. The standard InChI is InChI=1S/C21H38N4/c1-15(2)21-14-23(10-7-11-24(21)12-19-8-9-19)13-20-17(5)22-25(16(3)4)18(20)6/h15-16,19,21H,7-14H2,1-6H3. The van der Waals surface area contributed by atoms with E-state index in [2.05, 4.69) is 56.0 Å². The van der Waals surface area contributed by atoms with Crippen molar-refractivity contribution in [2.45, 2.75) is 79.4 Å². The average Bonchev–Trinajstić information content (AvgIpc) is 3.33. The molecule has 142 valence electrons. The van der Waals surface area contributed by atoms with Crippen molar-refractivity contribution in [2.75, 3.05) is 26.2 Å². The highest BCUT2D eigenvalue weighted by Crippen LogP contribution is 2.32. The van der Waals surface area contributed by atoms with Crippen LogP contribution in [0.3, 0.4) is 0 Å². The van der Waals surface area contributed by atoms with E-state index in [-0.39, 0.29) is 0 Å². The molecule has 0 amide bonds. The van der Waals surface area contributed by atoms with Crippen LogP contribution in [0.5, 0.6) is 0 Å². The van der Waals surface area contributed by atoms with Crippen molar-refractivity contribution in [3.63, 3.8) is 0 Å². The monoisotopic (exact) mass is 346 g/mol. The Labute approximate surface area is 154 Å². The highest BCUT2D eigenvalue weighted by atomic mass is 15.3. The summed E-state index contributed by atoms with van der Waals surface area (Å²) < 4.78 is 2.20. The molecule has 0 radical (unpaired) electrons. The van der Waals surface area contributed by atoms with Gasteiger partial charge in [0.25, 0.3) is 0 Å². The second-order valence-electron chi connectivity index (χ2n) is 9.03. The van der Waals surface area contributed by atoms with Crippen molar-refractivity contribution in [2.24, 2.45) is 11.8 Å². The smallest absolute Gasteiger partial charge is 0.0641 e. The Morgan fingerprint density at radius 3 is 2.36 bits per heavy atom. The molecule has 4 heteroatoms. The molecule has 0 N–H and O–H groups in total. The van der Waals surface area contributed by atoms with Gasteiger partial charge in [0.15, 0.2) is 0 Å². The van der Waals surface area contributed by atoms with Crippen LogP contribution in [-0.2, 0) is 6.54 Å². The molecule has 1 aromatic heterocycles. The van der Waals surface area contributed by atoms with Crippen LogP contribution in [0.1, 0.15) is 70.0 Å². The second kappa shape index (κ2) is 7.79. The molecule has 0 spiro atoms. The van der Waals surface area contributed by atoms with Crippen LogP contribution in [0.4, 0.5) is 0 Å². The Balaban J connectivity index is 1.72. The first kappa shape index (κ1) is 18.9. The third-order valence-corrected chi connectivity index (χ3v) is 6.14. The molecule has 0 aromatic carbocycles. The zero-order chi connectivity index (χ0) is 18.1. The maximum atomic E-state index is 4.79. The van der Waals surface area contributed by atoms with Crippen LogP contribution in [-0.4, -0.2) is 51.8 Å². The molecule has 0 bridgehead atoms. The van der Waals surface area contributed by atoms with E-state index in [1.165, 1.54) is 62.4 Å². The minimum absolute atomic E-state index is 0.439. The molecule has 1 aromatic rings. The molecule has 3 rings (SSSR count). The highest BCUT2D eigenvalue weighted by molar-refractivity contribution is 5.25. The molecule has 2 fully saturated rings. The van der Waals surface area contributed by atoms with Gasteiger partial charge in [-0.25, -0.2) is 0 Å². The lowest BCUT2D eigenvalue weighted by Crippen LogP contribution is -2.45. The molecule has 25 heavy (non-hydrogen) atoms. The first-order chi connectivity index (χ1) is 11.9. The predicted octanol–water partition coefficient (Wildman–Crippen LogP) is 4.02. The number of rotatable bonds is 6. The summed E-state index contributed by atoms with van der Waals surface area (Å²) >= 11 is 0. The first-order valence-corrected chi connectivity index (χ1v) is 10.4.